The zero-order valence-electron chi connectivity index (χ0n) is 11.2. The molecule has 4 nitrogen and oxygen atoms in total. The SMILES string of the molecule is CCN(C(=O)NC(C)C)C1CC2CCC(C1)N2. The van der Waals surface area contributed by atoms with Crippen LogP contribution < -0.4 is 10.6 Å². The Bertz CT molecular complexity index is 268. The predicted octanol–water partition coefficient (Wildman–Crippen LogP) is 1.71. The van der Waals surface area contributed by atoms with Gasteiger partial charge in [0, 0.05) is 30.7 Å². The number of hydrogen-bond donors (Lipinski definition) is 2. The second-order valence-electron chi connectivity index (χ2n) is 5.65. The van der Waals surface area contributed by atoms with E-state index in [9.17, 15) is 4.79 Å². The molecule has 0 radical (unpaired) electrons. The molecule has 98 valence electrons. The van der Waals surface area contributed by atoms with Crippen molar-refractivity contribution in [2.24, 2.45) is 0 Å². The molecule has 2 N–H and O–H groups in total. The highest BCUT2D eigenvalue weighted by atomic mass is 16.2. The monoisotopic (exact) mass is 239 g/mol. The maximum Gasteiger partial charge on any atom is 0.317 e. The third-order valence-corrected chi connectivity index (χ3v) is 3.90. The van der Waals surface area contributed by atoms with Crippen molar-refractivity contribution in [1.82, 2.24) is 15.5 Å². The van der Waals surface area contributed by atoms with Crippen LogP contribution in [0, 0.1) is 0 Å². The third-order valence-electron chi connectivity index (χ3n) is 3.90. The summed E-state index contributed by atoms with van der Waals surface area (Å²) in [6.45, 7) is 6.90. The molecule has 2 saturated heterocycles. The van der Waals surface area contributed by atoms with Crippen molar-refractivity contribution in [2.75, 3.05) is 6.54 Å². The Kier molecular flexibility index (Phi) is 3.92. The Morgan fingerprint density at radius 1 is 1.35 bits per heavy atom. The average Bonchev–Trinajstić information content (AvgIpc) is 2.58. The number of rotatable bonds is 3. The summed E-state index contributed by atoms with van der Waals surface area (Å²) in [4.78, 5) is 14.1. The summed E-state index contributed by atoms with van der Waals surface area (Å²) in [6.07, 6.45) is 4.81. The number of carbonyl (C=O) groups is 1. The first-order valence-electron chi connectivity index (χ1n) is 6.93. The summed E-state index contributed by atoms with van der Waals surface area (Å²) in [5.74, 6) is 0. The number of urea groups is 1. The van der Waals surface area contributed by atoms with Gasteiger partial charge in [0.1, 0.15) is 0 Å². The number of hydrogen-bond acceptors (Lipinski definition) is 2. The molecule has 0 spiro atoms. The van der Waals surface area contributed by atoms with Crippen LogP contribution in [-0.4, -0.2) is 41.6 Å². The number of piperidine rings is 1. The van der Waals surface area contributed by atoms with Gasteiger partial charge in [-0.25, -0.2) is 4.79 Å². The van der Waals surface area contributed by atoms with Crippen molar-refractivity contribution in [3.8, 4) is 0 Å². The molecule has 2 heterocycles. The van der Waals surface area contributed by atoms with Gasteiger partial charge in [-0.15, -0.1) is 0 Å². The molecule has 2 rings (SSSR count). The van der Waals surface area contributed by atoms with E-state index in [0.29, 0.717) is 18.1 Å². The first-order chi connectivity index (χ1) is 8.10. The van der Waals surface area contributed by atoms with E-state index in [2.05, 4.69) is 17.6 Å². The van der Waals surface area contributed by atoms with E-state index in [1.807, 2.05) is 18.7 Å². The van der Waals surface area contributed by atoms with Gasteiger partial charge in [0.05, 0.1) is 0 Å². The summed E-state index contributed by atoms with van der Waals surface area (Å²) < 4.78 is 0. The van der Waals surface area contributed by atoms with Crippen molar-refractivity contribution < 1.29 is 4.79 Å². The molecule has 2 atom stereocenters. The highest BCUT2D eigenvalue weighted by Gasteiger charge is 2.37. The number of nitrogens with zero attached hydrogens (tertiary/aromatic N) is 1. The fourth-order valence-electron chi connectivity index (χ4n) is 3.18. The molecular weight excluding hydrogens is 214 g/mol. The summed E-state index contributed by atoms with van der Waals surface area (Å²) >= 11 is 0. The Morgan fingerprint density at radius 2 is 1.94 bits per heavy atom. The Morgan fingerprint density at radius 3 is 2.41 bits per heavy atom. The standard InChI is InChI=1S/C13H25N3O/c1-4-16(13(17)14-9(2)3)12-7-10-5-6-11(8-12)15-10/h9-12,15H,4-8H2,1-3H3,(H,14,17). The van der Waals surface area contributed by atoms with Gasteiger partial charge in [-0.1, -0.05) is 0 Å². The maximum atomic E-state index is 12.1. The topological polar surface area (TPSA) is 44.4 Å². The van der Waals surface area contributed by atoms with Gasteiger partial charge < -0.3 is 15.5 Å². The fraction of sp³-hybridized carbons (Fsp3) is 0.923. The fourth-order valence-corrected chi connectivity index (χ4v) is 3.18. The maximum absolute atomic E-state index is 12.1. The highest BCUT2D eigenvalue weighted by Crippen LogP contribution is 2.29. The largest absolute Gasteiger partial charge is 0.336 e. The second kappa shape index (κ2) is 5.25. The molecule has 2 aliphatic rings. The zero-order valence-corrected chi connectivity index (χ0v) is 11.2. The normalized spacial score (nSPS) is 31.6. The number of carbonyl (C=O) groups excluding carboxylic acids is 1. The van der Waals surface area contributed by atoms with Crippen molar-refractivity contribution in [2.45, 2.75) is 70.6 Å². The summed E-state index contributed by atoms with van der Waals surface area (Å²) in [6, 6.07) is 2.03. The van der Waals surface area contributed by atoms with Gasteiger partial charge in [0.25, 0.3) is 0 Å². The van der Waals surface area contributed by atoms with Crippen LogP contribution in [0.5, 0.6) is 0 Å². The Labute approximate surface area is 104 Å². The molecule has 0 aromatic carbocycles. The van der Waals surface area contributed by atoms with Crippen molar-refractivity contribution >= 4 is 6.03 Å². The molecule has 0 aliphatic carbocycles. The van der Waals surface area contributed by atoms with Gasteiger partial charge in [-0.05, 0) is 46.5 Å². The summed E-state index contributed by atoms with van der Waals surface area (Å²) in [7, 11) is 0. The lowest BCUT2D eigenvalue weighted by molar-refractivity contribution is 0.149. The van der Waals surface area contributed by atoms with Crippen LogP contribution in [0.4, 0.5) is 4.79 Å². The van der Waals surface area contributed by atoms with Crippen LogP contribution in [0.2, 0.25) is 0 Å². The lowest BCUT2D eigenvalue weighted by atomic mass is 9.98. The predicted molar refractivity (Wildman–Crippen MR) is 69.0 cm³/mol. The average molecular weight is 239 g/mol. The molecule has 0 saturated carbocycles. The molecule has 0 aromatic rings. The van der Waals surface area contributed by atoms with E-state index in [1.165, 1.54) is 12.8 Å². The van der Waals surface area contributed by atoms with E-state index >= 15 is 0 Å². The van der Waals surface area contributed by atoms with Crippen LogP contribution in [0.15, 0.2) is 0 Å². The van der Waals surface area contributed by atoms with Crippen LogP contribution in [0.1, 0.15) is 46.5 Å². The molecule has 2 amide bonds. The van der Waals surface area contributed by atoms with Gasteiger partial charge in [0.2, 0.25) is 0 Å². The smallest absolute Gasteiger partial charge is 0.317 e. The van der Waals surface area contributed by atoms with Crippen molar-refractivity contribution in [3.05, 3.63) is 0 Å². The molecule has 17 heavy (non-hydrogen) atoms. The van der Waals surface area contributed by atoms with Crippen LogP contribution in [-0.2, 0) is 0 Å². The molecule has 2 fully saturated rings. The molecule has 2 bridgehead atoms. The summed E-state index contributed by atoms with van der Waals surface area (Å²) in [5.41, 5.74) is 0. The Balaban J connectivity index is 1.96. The highest BCUT2D eigenvalue weighted by molar-refractivity contribution is 5.74. The molecule has 2 aliphatic heterocycles. The van der Waals surface area contributed by atoms with Crippen LogP contribution in [0.3, 0.4) is 0 Å². The van der Waals surface area contributed by atoms with E-state index in [1.54, 1.807) is 0 Å². The minimum absolute atomic E-state index is 0.105. The molecular formula is C13H25N3O. The molecule has 0 aromatic heterocycles. The lowest BCUT2D eigenvalue weighted by Crippen LogP contribution is -2.53. The van der Waals surface area contributed by atoms with Gasteiger partial charge in [-0.2, -0.15) is 0 Å². The number of nitrogens with one attached hydrogen (secondary N) is 2. The van der Waals surface area contributed by atoms with Crippen LogP contribution in [0.25, 0.3) is 0 Å². The summed E-state index contributed by atoms with van der Waals surface area (Å²) in [5, 5.41) is 6.63. The van der Waals surface area contributed by atoms with Gasteiger partial charge in [-0.3, -0.25) is 0 Å². The van der Waals surface area contributed by atoms with E-state index in [0.717, 1.165) is 19.4 Å². The van der Waals surface area contributed by atoms with Crippen LogP contribution >= 0.6 is 0 Å². The third kappa shape index (κ3) is 2.92. The van der Waals surface area contributed by atoms with Gasteiger partial charge in [0.15, 0.2) is 0 Å². The molecule has 4 heteroatoms. The zero-order chi connectivity index (χ0) is 12.4. The van der Waals surface area contributed by atoms with E-state index in [4.69, 9.17) is 0 Å². The number of fused-ring (bicyclic) bond motifs is 2. The van der Waals surface area contributed by atoms with Crippen molar-refractivity contribution in [1.29, 1.82) is 0 Å². The number of amides is 2. The minimum Gasteiger partial charge on any atom is -0.336 e. The van der Waals surface area contributed by atoms with Crippen molar-refractivity contribution in [3.63, 3.8) is 0 Å². The van der Waals surface area contributed by atoms with Gasteiger partial charge >= 0.3 is 6.03 Å². The first-order valence-corrected chi connectivity index (χ1v) is 6.93. The molecule has 2 unspecified atom stereocenters. The lowest BCUT2D eigenvalue weighted by Gasteiger charge is -2.37. The minimum atomic E-state index is 0.105. The quantitative estimate of drug-likeness (QED) is 0.787. The van der Waals surface area contributed by atoms with E-state index in [-0.39, 0.29) is 12.1 Å². The first kappa shape index (κ1) is 12.7. The Hall–Kier alpha value is -0.770. The van der Waals surface area contributed by atoms with E-state index < -0.39 is 0 Å². The second-order valence-corrected chi connectivity index (χ2v) is 5.65.